The molecule has 22 heavy (non-hydrogen) atoms. The first-order valence-corrected chi connectivity index (χ1v) is 7.66. The van der Waals surface area contributed by atoms with Gasteiger partial charge in [0.1, 0.15) is 6.61 Å². The van der Waals surface area contributed by atoms with Gasteiger partial charge in [0.15, 0.2) is 0 Å². The smallest absolute Gasteiger partial charge is 0.756 e. The average molecular weight is 350 g/mol. The first-order chi connectivity index (χ1) is 9.95. The fraction of sp³-hybridized carbons (Fsp3) is 0.727. The van der Waals surface area contributed by atoms with Crippen LogP contribution in [0.1, 0.15) is 0 Å². The molecule has 0 aromatic heterocycles. The van der Waals surface area contributed by atoms with Gasteiger partial charge in [0.05, 0.1) is 46.2 Å². The van der Waals surface area contributed by atoms with Gasteiger partial charge in [-0.05, 0) is 0 Å². The Balaban J connectivity index is 0. The van der Waals surface area contributed by atoms with E-state index < -0.39 is 13.8 Å². The second kappa shape index (κ2) is 16.1. The molecular weight excluding hydrogens is 330 g/mol. The second-order valence-corrected chi connectivity index (χ2v) is 4.71. The minimum atomic E-state index is -4.67. The number of rotatable bonds is 14. The van der Waals surface area contributed by atoms with E-state index in [1.165, 1.54) is 0 Å². The van der Waals surface area contributed by atoms with Gasteiger partial charge in [0.2, 0.25) is 0 Å². The molecule has 0 amide bonds. The predicted octanol–water partition coefficient (Wildman–Crippen LogP) is -3.75. The maximum absolute atomic E-state index is 10.7. The summed E-state index contributed by atoms with van der Waals surface area (Å²) in [4.78, 5) is 29.1. The molecule has 0 aliphatic rings. The SMILES string of the molecule is C=CC(=O)OCCOCCOCCOCCOP(=O)([O-])O.[Na+]. The van der Waals surface area contributed by atoms with Gasteiger partial charge in [-0.1, -0.05) is 6.58 Å². The summed E-state index contributed by atoms with van der Waals surface area (Å²) in [5.74, 6) is -0.495. The number of ether oxygens (including phenoxy) is 4. The van der Waals surface area contributed by atoms with Gasteiger partial charge in [0.25, 0.3) is 7.82 Å². The molecule has 0 radical (unpaired) electrons. The van der Waals surface area contributed by atoms with Crippen molar-refractivity contribution >= 4 is 13.8 Å². The molecule has 0 spiro atoms. The Morgan fingerprint density at radius 1 is 1.00 bits per heavy atom. The Hall–Kier alpha value is 0.200. The number of carbonyl (C=O) groups excluding carboxylic acids is 1. The minimum absolute atomic E-state index is 0. The van der Waals surface area contributed by atoms with Crippen molar-refractivity contribution in [1.82, 2.24) is 0 Å². The third kappa shape index (κ3) is 20.2. The summed E-state index contributed by atoms with van der Waals surface area (Å²) in [6.07, 6.45) is 1.07. The van der Waals surface area contributed by atoms with Crippen LogP contribution in [-0.4, -0.2) is 63.7 Å². The molecular formula is C11H20NaO9P. The number of phosphoric ester groups is 1. The summed E-state index contributed by atoms with van der Waals surface area (Å²) in [5, 5.41) is 0. The standard InChI is InChI=1S/C11H21O9P.Na/c1-2-11(12)19-9-7-17-5-3-16-4-6-18-8-10-20-21(13,14)15;/h2H,1,3-10H2,(H2,13,14,15);/q;+1/p-1. The third-order valence-corrected chi connectivity index (χ3v) is 2.37. The molecule has 0 aromatic carbocycles. The largest absolute Gasteiger partial charge is 1.00 e. The van der Waals surface area contributed by atoms with E-state index in [1.54, 1.807) is 0 Å². The van der Waals surface area contributed by atoms with Crippen LogP contribution in [0.2, 0.25) is 0 Å². The van der Waals surface area contributed by atoms with Gasteiger partial charge in [0, 0.05) is 6.08 Å². The van der Waals surface area contributed by atoms with E-state index in [-0.39, 0.29) is 62.6 Å². The number of phosphoric acid groups is 1. The summed E-state index contributed by atoms with van der Waals surface area (Å²) in [6.45, 7) is 4.72. The molecule has 11 heteroatoms. The maximum atomic E-state index is 10.7. The van der Waals surface area contributed by atoms with Crippen molar-refractivity contribution < 1.29 is 72.2 Å². The van der Waals surface area contributed by atoms with E-state index in [1.807, 2.05) is 0 Å². The van der Waals surface area contributed by atoms with Crippen LogP contribution in [0.15, 0.2) is 12.7 Å². The normalized spacial score (nSPS) is 13.0. The summed E-state index contributed by atoms with van der Waals surface area (Å²) < 4.78 is 34.2. The Morgan fingerprint density at radius 3 is 1.82 bits per heavy atom. The van der Waals surface area contributed by atoms with Crippen molar-refractivity contribution in [3.8, 4) is 0 Å². The van der Waals surface area contributed by atoms with E-state index in [2.05, 4.69) is 15.8 Å². The quantitative estimate of drug-likeness (QED) is 0.111. The molecule has 9 nitrogen and oxygen atoms in total. The summed E-state index contributed by atoms with van der Waals surface area (Å²) >= 11 is 0. The van der Waals surface area contributed by atoms with Gasteiger partial charge in [-0.15, -0.1) is 0 Å². The number of carbonyl (C=O) groups is 1. The Bertz CT molecular complexity index is 334. The summed E-state index contributed by atoms with van der Waals surface area (Å²) in [6, 6.07) is 0. The topological polar surface area (TPSA) is 124 Å². The molecule has 0 heterocycles. The van der Waals surface area contributed by atoms with E-state index >= 15 is 0 Å². The van der Waals surface area contributed by atoms with Crippen LogP contribution in [-0.2, 0) is 32.8 Å². The predicted molar refractivity (Wildman–Crippen MR) is 69.4 cm³/mol. The number of esters is 1. The molecule has 0 aromatic rings. The molecule has 0 rings (SSSR count). The molecule has 0 bridgehead atoms. The van der Waals surface area contributed by atoms with Gasteiger partial charge in [-0.3, -0.25) is 4.57 Å². The Labute approximate surface area is 151 Å². The van der Waals surface area contributed by atoms with Gasteiger partial charge >= 0.3 is 35.5 Å². The number of hydrogen-bond donors (Lipinski definition) is 1. The van der Waals surface area contributed by atoms with E-state index in [0.29, 0.717) is 19.8 Å². The van der Waals surface area contributed by atoms with Gasteiger partial charge in [-0.25, -0.2) is 4.79 Å². The zero-order chi connectivity index (χ0) is 16.0. The zero-order valence-electron chi connectivity index (χ0n) is 12.6. The van der Waals surface area contributed by atoms with Crippen molar-refractivity contribution in [3.05, 3.63) is 12.7 Å². The first-order valence-electron chi connectivity index (χ1n) is 6.16. The van der Waals surface area contributed by atoms with Crippen LogP contribution >= 0.6 is 7.82 Å². The Kier molecular flexibility index (Phi) is 17.9. The van der Waals surface area contributed by atoms with Crippen molar-refractivity contribution in [2.75, 3.05) is 52.9 Å². The zero-order valence-corrected chi connectivity index (χ0v) is 15.5. The monoisotopic (exact) mass is 350 g/mol. The molecule has 0 aliphatic carbocycles. The molecule has 0 fully saturated rings. The average Bonchev–Trinajstić information content (AvgIpc) is 2.42. The summed E-state index contributed by atoms with van der Waals surface area (Å²) in [7, 11) is -4.67. The van der Waals surface area contributed by atoms with Crippen LogP contribution in [0, 0.1) is 0 Å². The fourth-order valence-corrected chi connectivity index (χ4v) is 1.32. The van der Waals surface area contributed by atoms with Crippen molar-refractivity contribution in [3.63, 3.8) is 0 Å². The molecule has 1 atom stereocenters. The van der Waals surface area contributed by atoms with Crippen LogP contribution in [0.3, 0.4) is 0 Å². The molecule has 0 saturated carbocycles. The fourth-order valence-electron chi connectivity index (χ4n) is 1.01. The molecule has 1 N–H and O–H groups in total. The molecule has 0 saturated heterocycles. The van der Waals surface area contributed by atoms with E-state index in [0.717, 1.165) is 6.08 Å². The van der Waals surface area contributed by atoms with Crippen LogP contribution < -0.4 is 34.5 Å². The van der Waals surface area contributed by atoms with Gasteiger partial charge < -0.3 is 33.3 Å². The Morgan fingerprint density at radius 2 is 1.41 bits per heavy atom. The molecule has 124 valence electrons. The minimum Gasteiger partial charge on any atom is -0.756 e. The van der Waals surface area contributed by atoms with Crippen LogP contribution in [0.4, 0.5) is 0 Å². The first kappa shape index (κ1) is 24.5. The van der Waals surface area contributed by atoms with Crippen LogP contribution in [0.25, 0.3) is 0 Å². The van der Waals surface area contributed by atoms with Crippen LogP contribution in [0.5, 0.6) is 0 Å². The summed E-state index contributed by atoms with van der Waals surface area (Å²) in [5.41, 5.74) is 0. The molecule has 0 aliphatic heterocycles. The van der Waals surface area contributed by atoms with Gasteiger partial charge in [-0.2, -0.15) is 0 Å². The van der Waals surface area contributed by atoms with Crippen molar-refractivity contribution in [2.45, 2.75) is 0 Å². The second-order valence-electron chi connectivity index (χ2n) is 3.51. The number of hydrogen-bond acceptors (Lipinski definition) is 8. The molecule has 1 unspecified atom stereocenters. The van der Waals surface area contributed by atoms with Crippen molar-refractivity contribution in [1.29, 1.82) is 0 Å². The van der Waals surface area contributed by atoms with E-state index in [9.17, 15) is 14.3 Å². The van der Waals surface area contributed by atoms with E-state index in [4.69, 9.17) is 19.1 Å². The maximum Gasteiger partial charge on any atom is 1.00 e. The third-order valence-electron chi connectivity index (χ3n) is 1.86. The van der Waals surface area contributed by atoms with Crippen molar-refractivity contribution in [2.24, 2.45) is 0 Å².